The van der Waals surface area contributed by atoms with Gasteiger partial charge in [0.1, 0.15) is 6.04 Å². The third kappa shape index (κ3) is 3.91. The summed E-state index contributed by atoms with van der Waals surface area (Å²) >= 11 is 0. The molecule has 1 aliphatic rings. The molecular weight excluding hydrogens is 332 g/mol. The first-order chi connectivity index (χ1) is 12.6. The zero-order valence-corrected chi connectivity index (χ0v) is 14.7. The fourth-order valence-corrected chi connectivity index (χ4v) is 3.81. The molecular formula is C20H22N2O4. The molecule has 6 nitrogen and oxygen atoms in total. The first-order valence-electron chi connectivity index (χ1n) is 8.63. The molecule has 2 aromatic carbocycles. The van der Waals surface area contributed by atoms with Gasteiger partial charge in [-0.25, -0.2) is 0 Å². The second-order valence-electron chi connectivity index (χ2n) is 6.59. The molecule has 0 aliphatic carbocycles. The van der Waals surface area contributed by atoms with Gasteiger partial charge >= 0.3 is 5.97 Å². The summed E-state index contributed by atoms with van der Waals surface area (Å²) in [6.45, 7) is 1.08. The maximum atomic E-state index is 11.9. The highest BCUT2D eigenvalue weighted by Crippen LogP contribution is 2.40. The molecule has 26 heavy (non-hydrogen) atoms. The van der Waals surface area contributed by atoms with E-state index in [-0.39, 0.29) is 23.3 Å². The Morgan fingerprint density at radius 2 is 1.77 bits per heavy atom. The number of methoxy groups -OCH3 is 1. The van der Waals surface area contributed by atoms with Crippen molar-refractivity contribution in [3.63, 3.8) is 0 Å². The van der Waals surface area contributed by atoms with Crippen LogP contribution in [0.2, 0.25) is 0 Å². The van der Waals surface area contributed by atoms with Crippen LogP contribution >= 0.6 is 0 Å². The number of nitro groups is 1. The van der Waals surface area contributed by atoms with Crippen molar-refractivity contribution < 1.29 is 14.5 Å². The standard InChI is InChI=1S/C20H22N2O4/c1-26-18(23)12-17-14-21(13-15-8-4-2-5-9-15)19(20(17)22(24)25)16-10-6-3-7-11-16/h2-11,17,19-20H,12-14H2,1H3/t17-,19+,20+/m1/s1. The molecule has 1 fully saturated rings. The summed E-state index contributed by atoms with van der Waals surface area (Å²) in [5.41, 5.74) is 1.99. The van der Waals surface area contributed by atoms with Gasteiger partial charge in [0, 0.05) is 18.0 Å². The predicted molar refractivity (Wildman–Crippen MR) is 96.9 cm³/mol. The van der Waals surface area contributed by atoms with Crippen molar-refractivity contribution in [1.82, 2.24) is 4.90 Å². The van der Waals surface area contributed by atoms with Crippen molar-refractivity contribution in [3.05, 3.63) is 81.9 Å². The van der Waals surface area contributed by atoms with Gasteiger partial charge in [-0.05, 0) is 11.1 Å². The molecule has 2 aromatic rings. The van der Waals surface area contributed by atoms with E-state index in [1.165, 1.54) is 7.11 Å². The summed E-state index contributed by atoms with van der Waals surface area (Å²) < 4.78 is 4.75. The highest BCUT2D eigenvalue weighted by Gasteiger charge is 2.50. The molecule has 0 saturated carbocycles. The van der Waals surface area contributed by atoms with Gasteiger partial charge < -0.3 is 4.74 Å². The molecule has 136 valence electrons. The van der Waals surface area contributed by atoms with E-state index in [9.17, 15) is 14.9 Å². The second kappa shape index (κ2) is 8.10. The van der Waals surface area contributed by atoms with Crippen LogP contribution in [0, 0.1) is 16.0 Å². The van der Waals surface area contributed by atoms with Gasteiger partial charge in [-0.15, -0.1) is 0 Å². The van der Waals surface area contributed by atoms with Crippen molar-refractivity contribution in [2.24, 2.45) is 5.92 Å². The van der Waals surface area contributed by atoms with Gasteiger partial charge in [0.2, 0.25) is 6.04 Å². The Kier molecular flexibility index (Phi) is 5.63. The number of ether oxygens (including phenoxy) is 1. The molecule has 0 radical (unpaired) electrons. The van der Waals surface area contributed by atoms with E-state index in [1.54, 1.807) is 0 Å². The molecule has 0 amide bonds. The smallest absolute Gasteiger partial charge is 0.306 e. The van der Waals surface area contributed by atoms with E-state index in [2.05, 4.69) is 4.90 Å². The Balaban J connectivity index is 1.94. The van der Waals surface area contributed by atoms with Crippen LogP contribution in [0.3, 0.4) is 0 Å². The molecule has 1 aliphatic heterocycles. The SMILES string of the molecule is COC(=O)C[C@@H]1CN(Cc2ccccc2)[C@@H](c2ccccc2)[C@H]1[N+](=O)[O-]. The van der Waals surface area contributed by atoms with Crippen LogP contribution in [0.5, 0.6) is 0 Å². The van der Waals surface area contributed by atoms with Crippen molar-refractivity contribution in [2.45, 2.75) is 25.0 Å². The van der Waals surface area contributed by atoms with Crippen LogP contribution in [0.4, 0.5) is 0 Å². The monoisotopic (exact) mass is 354 g/mol. The number of likely N-dealkylation sites (tertiary alicyclic amines) is 1. The number of carbonyl (C=O) groups excluding carboxylic acids is 1. The lowest BCUT2D eigenvalue weighted by molar-refractivity contribution is -0.533. The maximum Gasteiger partial charge on any atom is 0.306 e. The zero-order valence-electron chi connectivity index (χ0n) is 14.7. The van der Waals surface area contributed by atoms with E-state index in [4.69, 9.17) is 4.74 Å². The first kappa shape index (κ1) is 18.1. The lowest BCUT2D eigenvalue weighted by Crippen LogP contribution is -2.33. The fraction of sp³-hybridized carbons (Fsp3) is 0.350. The highest BCUT2D eigenvalue weighted by molar-refractivity contribution is 5.69. The third-order valence-electron chi connectivity index (χ3n) is 4.94. The maximum absolute atomic E-state index is 11.9. The molecule has 3 rings (SSSR count). The molecule has 1 saturated heterocycles. The molecule has 0 N–H and O–H groups in total. The first-order valence-corrected chi connectivity index (χ1v) is 8.63. The van der Waals surface area contributed by atoms with Crippen LogP contribution in [-0.4, -0.2) is 35.5 Å². The van der Waals surface area contributed by atoms with Gasteiger partial charge in [-0.2, -0.15) is 0 Å². The quantitative estimate of drug-likeness (QED) is 0.453. The number of rotatable bonds is 6. The fourth-order valence-electron chi connectivity index (χ4n) is 3.81. The lowest BCUT2D eigenvalue weighted by Gasteiger charge is -2.25. The molecule has 0 unspecified atom stereocenters. The van der Waals surface area contributed by atoms with Gasteiger partial charge in [0.05, 0.1) is 19.4 Å². The van der Waals surface area contributed by atoms with Crippen LogP contribution < -0.4 is 0 Å². The van der Waals surface area contributed by atoms with Gasteiger partial charge in [0.25, 0.3) is 0 Å². The number of hydrogen-bond donors (Lipinski definition) is 0. The Morgan fingerprint density at radius 1 is 1.15 bits per heavy atom. The molecule has 0 bridgehead atoms. The minimum Gasteiger partial charge on any atom is -0.469 e. The van der Waals surface area contributed by atoms with Gasteiger partial charge in [-0.3, -0.25) is 19.8 Å². The number of carbonyl (C=O) groups is 1. The highest BCUT2D eigenvalue weighted by atomic mass is 16.6. The predicted octanol–water partition coefficient (Wildman–Crippen LogP) is 3.07. The minimum atomic E-state index is -0.847. The molecule has 0 spiro atoms. The number of hydrogen-bond acceptors (Lipinski definition) is 5. The molecule has 1 heterocycles. The van der Waals surface area contributed by atoms with Gasteiger partial charge in [-0.1, -0.05) is 60.7 Å². The topological polar surface area (TPSA) is 72.7 Å². The van der Waals surface area contributed by atoms with Crippen LogP contribution in [0.1, 0.15) is 23.6 Å². The second-order valence-corrected chi connectivity index (χ2v) is 6.59. The van der Waals surface area contributed by atoms with Gasteiger partial charge in [0.15, 0.2) is 0 Å². The average Bonchev–Trinajstić information content (AvgIpc) is 3.01. The minimum absolute atomic E-state index is 0.0524. The summed E-state index contributed by atoms with van der Waals surface area (Å²) in [6, 6.07) is 18.2. The Bertz CT molecular complexity index is 751. The van der Waals surface area contributed by atoms with Crippen molar-refractivity contribution >= 4 is 5.97 Å². The van der Waals surface area contributed by atoms with E-state index >= 15 is 0 Å². The summed E-state index contributed by atoms with van der Waals surface area (Å²) in [4.78, 5) is 25.5. The summed E-state index contributed by atoms with van der Waals surface area (Å²) in [5.74, 6) is -0.790. The van der Waals surface area contributed by atoms with Crippen molar-refractivity contribution in [2.75, 3.05) is 13.7 Å². The number of esters is 1. The number of nitrogens with zero attached hydrogens (tertiary/aromatic N) is 2. The van der Waals surface area contributed by atoms with E-state index < -0.39 is 12.0 Å². The van der Waals surface area contributed by atoms with Crippen molar-refractivity contribution in [3.8, 4) is 0 Å². The third-order valence-corrected chi connectivity index (χ3v) is 4.94. The summed E-state index contributed by atoms with van der Waals surface area (Å²) in [7, 11) is 1.31. The Labute approximate surface area is 152 Å². The zero-order chi connectivity index (χ0) is 18.5. The van der Waals surface area contributed by atoms with Crippen LogP contribution in [-0.2, 0) is 16.1 Å². The van der Waals surface area contributed by atoms with E-state index in [0.29, 0.717) is 13.1 Å². The Morgan fingerprint density at radius 3 is 2.35 bits per heavy atom. The largest absolute Gasteiger partial charge is 0.469 e. The number of benzene rings is 2. The molecule has 6 heteroatoms. The Hall–Kier alpha value is -2.73. The average molecular weight is 354 g/mol. The van der Waals surface area contributed by atoms with Crippen LogP contribution in [0.25, 0.3) is 0 Å². The van der Waals surface area contributed by atoms with E-state index in [0.717, 1.165) is 11.1 Å². The van der Waals surface area contributed by atoms with Crippen molar-refractivity contribution in [1.29, 1.82) is 0 Å². The summed E-state index contributed by atoms with van der Waals surface area (Å²) in [6.07, 6.45) is 0.0524. The molecule has 3 atom stereocenters. The molecule has 0 aromatic heterocycles. The van der Waals surface area contributed by atoms with E-state index in [1.807, 2.05) is 60.7 Å². The summed E-state index contributed by atoms with van der Waals surface area (Å²) in [5, 5.41) is 11.9. The van der Waals surface area contributed by atoms with Crippen LogP contribution in [0.15, 0.2) is 60.7 Å². The lowest BCUT2D eigenvalue weighted by atomic mass is 9.92. The normalized spacial score (nSPS) is 22.9.